The van der Waals surface area contributed by atoms with E-state index < -0.39 is 0 Å². The number of carbonyl (C=O) groups is 1. The molecular weight excluding hydrogens is 318 g/mol. The highest BCUT2D eigenvalue weighted by atomic mass is 16.5. The van der Waals surface area contributed by atoms with Crippen LogP contribution in [0.2, 0.25) is 0 Å². The van der Waals surface area contributed by atoms with E-state index in [4.69, 9.17) is 14.2 Å². The van der Waals surface area contributed by atoms with E-state index >= 15 is 0 Å². The summed E-state index contributed by atoms with van der Waals surface area (Å²) in [5, 5.41) is 2.88. The van der Waals surface area contributed by atoms with Gasteiger partial charge in [-0.25, -0.2) is 0 Å². The number of hydrogen-bond acceptors (Lipinski definition) is 4. The predicted molar refractivity (Wildman–Crippen MR) is 96.8 cm³/mol. The number of methoxy groups -OCH3 is 2. The molecule has 1 N–H and O–H groups in total. The number of rotatable bonds is 6. The summed E-state index contributed by atoms with van der Waals surface area (Å²) in [4.78, 5) is 12.5. The molecule has 0 spiro atoms. The number of carbonyl (C=O) groups excluding carboxylic acids is 1. The topological polar surface area (TPSA) is 56.8 Å². The standard InChI is InChI=1S/C20H23NO4/c1-23-18-9-5-8-17(19(18)24-2)20(22)21-14-10-12-16(13-11-14)25-15-6-3-4-7-15/h5,8-13,15H,3-4,6-7H2,1-2H3,(H,21,22). The fraction of sp³-hybridized carbons (Fsp3) is 0.350. The summed E-state index contributed by atoms with van der Waals surface area (Å²) in [6, 6.07) is 12.7. The molecule has 0 aliphatic heterocycles. The highest BCUT2D eigenvalue weighted by Gasteiger charge is 2.18. The molecular formula is C20H23NO4. The van der Waals surface area contributed by atoms with E-state index in [-0.39, 0.29) is 5.91 Å². The second-order valence-electron chi connectivity index (χ2n) is 6.04. The number of amides is 1. The van der Waals surface area contributed by atoms with Gasteiger partial charge in [0.15, 0.2) is 11.5 Å². The first-order chi connectivity index (χ1) is 12.2. The van der Waals surface area contributed by atoms with Gasteiger partial charge in [-0.1, -0.05) is 6.07 Å². The molecule has 0 radical (unpaired) electrons. The highest BCUT2D eigenvalue weighted by molar-refractivity contribution is 6.06. The third-order valence-electron chi connectivity index (χ3n) is 4.36. The summed E-state index contributed by atoms with van der Waals surface area (Å²) in [6.07, 6.45) is 5.03. The largest absolute Gasteiger partial charge is 0.493 e. The number of anilines is 1. The van der Waals surface area contributed by atoms with Gasteiger partial charge in [0, 0.05) is 5.69 Å². The van der Waals surface area contributed by atoms with Crippen LogP contribution in [0.1, 0.15) is 36.0 Å². The Balaban J connectivity index is 1.68. The van der Waals surface area contributed by atoms with Crippen LogP contribution in [0.25, 0.3) is 0 Å². The lowest BCUT2D eigenvalue weighted by molar-refractivity contribution is 0.102. The van der Waals surface area contributed by atoms with Crippen LogP contribution in [0, 0.1) is 0 Å². The maximum atomic E-state index is 12.5. The van der Waals surface area contributed by atoms with Crippen molar-refractivity contribution in [2.24, 2.45) is 0 Å². The van der Waals surface area contributed by atoms with Crippen LogP contribution in [-0.4, -0.2) is 26.2 Å². The molecule has 0 heterocycles. The molecule has 0 unspecified atom stereocenters. The summed E-state index contributed by atoms with van der Waals surface area (Å²) in [6.45, 7) is 0. The minimum Gasteiger partial charge on any atom is -0.493 e. The molecule has 1 fully saturated rings. The van der Waals surface area contributed by atoms with Crippen LogP contribution < -0.4 is 19.5 Å². The van der Waals surface area contributed by atoms with E-state index in [0.717, 1.165) is 18.6 Å². The molecule has 1 aliphatic carbocycles. The SMILES string of the molecule is COc1cccc(C(=O)Nc2ccc(OC3CCCC3)cc2)c1OC. The van der Waals surface area contributed by atoms with Crippen LogP contribution in [0.3, 0.4) is 0 Å². The molecule has 5 heteroatoms. The number of hydrogen-bond donors (Lipinski definition) is 1. The van der Waals surface area contributed by atoms with Gasteiger partial charge in [-0.15, -0.1) is 0 Å². The third-order valence-corrected chi connectivity index (χ3v) is 4.36. The Kier molecular flexibility index (Phi) is 5.43. The summed E-state index contributed by atoms with van der Waals surface area (Å²) >= 11 is 0. The molecule has 25 heavy (non-hydrogen) atoms. The molecule has 0 atom stereocenters. The normalized spacial score (nSPS) is 14.2. The van der Waals surface area contributed by atoms with Crippen molar-refractivity contribution in [3.63, 3.8) is 0 Å². The Hall–Kier alpha value is -2.69. The minimum absolute atomic E-state index is 0.250. The molecule has 0 aromatic heterocycles. The van der Waals surface area contributed by atoms with Gasteiger partial charge in [-0.05, 0) is 62.1 Å². The Morgan fingerprint density at radius 3 is 2.36 bits per heavy atom. The van der Waals surface area contributed by atoms with E-state index in [2.05, 4.69) is 5.32 Å². The Bertz CT molecular complexity index is 721. The van der Waals surface area contributed by atoms with Gasteiger partial charge < -0.3 is 19.5 Å². The van der Waals surface area contributed by atoms with E-state index in [1.54, 1.807) is 25.3 Å². The molecule has 1 amide bonds. The lowest BCUT2D eigenvalue weighted by Crippen LogP contribution is -2.14. The summed E-state index contributed by atoms with van der Waals surface area (Å²) in [5.74, 6) is 1.53. The van der Waals surface area contributed by atoms with Crippen molar-refractivity contribution in [3.8, 4) is 17.2 Å². The first-order valence-corrected chi connectivity index (χ1v) is 8.50. The molecule has 5 nitrogen and oxygen atoms in total. The van der Waals surface area contributed by atoms with Gasteiger partial charge in [0.05, 0.1) is 25.9 Å². The van der Waals surface area contributed by atoms with Gasteiger partial charge in [-0.2, -0.15) is 0 Å². The molecule has 0 saturated heterocycles. The van der Waals surface area contributed by atoms with Crippen LogP contribution in [0.15, 0.2) is 42.5 Å². The monoisotopic (exact) mass is 341 g/mol. The van der Waals surface area contributed by atoms with Crippen LogP contribution in [0.4, 0.5) is 5.69 Å². The Morgan fingerprint density at radius 2 is 1.72 bits per heavy atom. The van der Waals surface area contributed by atoms with Crippen molar-refractivity contribution in [1.82, 2.24) is 0 Å². The number of nitrogens with one attached hydrogen (secondary N) is 1. The van der Waals surface area contributed by atoms with Crippen molar-refractivity contribution in [3.05, 3.63) is 48.0 Å². The van der Waals surface area contributed by atoms with E-state index in [1.807, 2.05) is 24.3 Å². The average Bonchev–Trinajstić information content (AvgIpc) is 3.15. The number of para-hydroxylation sites is 1. The molecule has 2 aromatic rings. The van der Waals surface area contributed by atoms with Gasteiger partial charge >= 0.3 is 0 Å². The summed E-state index contributed by atoms with van der Waals surface area (Å²) in [7, 11) is 3.06. The summed E-state index contributed by atoms with van der Waals surface area (Å²) < 4.78 is 16.5. The maximum Gasteiger partial charge on any atom is 0.259 e. The lowest BCUT2D eigenvalue weighted by Gasteiger charge is -2.14. The molecule has 1 saturated carbocycles. The zero-order chi connectivity index (χ0) is 17.6. The van der Waals surface area contributed by atoms with E-state index in [0.29, 0.717) is 28.9 Å². The molecule has 132 valence electrons. The van der Waals surface area contributed by atoms with E-state index in [1.165, 1.54) is 20.0 Å². The van der Waals surface area contributed by atoms with Gasteiger partial charge in [-0.3, -0.25) is 4.79 Å². The minimum atomic E-state index is -0.250. The Labute approximate surface area is 147 Å². The van der Waals surface area contributed by atoms with Crippen molar-refractivity contribution in [1.29, 1.82) is 0 Å². The van der Waals surface area contributed by atoms with Crippen molar-refractivity contribution in [2.75, 3.05) is 19.5 Å². The second kappa shape index (κ2) is 7.92. The molecule has 0 bridgehead atoms. The van der Waals surface area contributed by atoms with Crippen molar-refractivity contribution < 1.29 is 19.0 Å². The predicted octanol–water partition coefficient (Wildman–Crippen LogP) is 4.28. The van der Waals surface area contributed by atoms with Crippen LogP contribution in [-0.2, 0) is 0 Å². The molecule has 3 rings (SSSR count). The zero-order valence-corrected chi connectivity index (χ0v) is 14.6. The highest BCUT2D eigenvalue weighted by Crippen LogP contribution is 2.31. The van der Waals surface area contributed by atoms with Gasteiger partial charge in [0.1, 0.15) is 5.75 Å². The number of benzene rings is 2. The van der Waals surface area contributed by atoms with Gasteiger partial charge in [0.25, 0.3) is 5.91 Å². The molecule has 1 aliphatic rings. The molecule has 2 aromatic carbocycles. The fourth-order valence-corrected chi connectivity index (χ4v) is 3.08. The Morgan fingerprint density at radius 1 is 1.00 bits per heavy atom. The van der Waals surface area contributed by atoms with Crippen LogP contribution in [0.5, 0.6) is 17.2 Å². The first-order valence-electron chi connectivity index (χ1n) is 8.50. The lowest BCUT2D eigenvalue weighted by atomic mass is 10.1. The summed E-state index contributed by atoms with van der Waals surface area (Å²) in [5.41, 5.74) is 1.13. The van der Waals surface area contributed by atoms with Crippen molar-refractivity contribution in [2.45, 2.75) is 31.8 Å². The quantitative estimate of drug-likeness (QED) is 0.852. The average molecular weight is 341 g/mol. The van der Waals surface area contributed by atoms with E-state index in [9.17, 15) is 4.79 Å². The van der Waals surface area contributed by atoms with Gasteiger partial charge in [0.2, 0.25) is 0 Å². The van der Waals surface area contributed by atoms with Crippen LogP contribution >= 0.6 is 0 Å². The third kappa shape index (κ3) is 4.05. The second-order valence-corrected chi connectivity index (χ2v) is 6.04. The smallest absolute Gasteiger partial charge is 0.259 e. The maximum absolute atomic E-state index is 12.5. The number of ether oxygens (including phenoxy) is 3. The fourth-order valence-electron chi connectivity index (χ4n) is 3.08. The zero-order valence-electron chi connectivity index (χ0n) is 14.6. The first kappa shape index (κ1) is 17.1. The van der Waals surface area contributed by atoms with Crippen molar-refractivity contribution >= 4 is 11.6 Å².